The van der Waals surface area contributed by atoms with E-state index in [0.717, 1.165) is 20.2 Å². The molecule has 5 rings (SSSR count). The van der Waals surface area contributed by atoms with Crippen molar-refractivity contribution in [1.29, 1.82) is 0 Å². The molecule has 2 aromatic heterocycles. The number of halogens is 2. The zero-order chi connectivity index (χ0) is 23.8. The van der Waals surface area contributed by atoms with Gasteiger partial charge in [0.25, 0.3) is 11.8 Å². The SMILES string of the molecule is Cc1nc2cc(NC(=O)c3csc(C4CCN(C(=O)c5c(F)cccc5Cl)CC4)n3)ccc2s1. The molecule has 0 radical (unpaired) electrons. The van der Waals surface area contributed by atoms with Gasteiger partial charge in [0.1, 0.15) is 11.5 Å². The van der Waals surface area contributed by atoms with E-state index in [4.69, 9.17) is 11.6 Å². The normalized spacial score (nSPS) is 14.5. The molecule has 0 aliphatic carbocycles. The molecule has 6 nitrogen and oxygen atoms in total. The van der Waals surface area contributed by atoms with E-state index in [-0.39, 0.29) is 22.4 Å². The van der Waals surface area contributed by atoms with Crippen molar-refractivity contribution in [1.82, 2.24) is 14.9 Å². The first-order chi connectivity index (χ1) is 16.4. The molecule has 0 bridgehead atoms. The average molecular weight is 515 g/mol. The number of carbonyl (C=O) groups is 2. The summed E-state index contributed by atoms with van der Waals surface area (Å²) < 4.78 is 15.2. The number of aromatic nitrogens is 2. The first kappa shape index (κ1) is 22.9. The fourth-order valence-electron chi connectivity index (χ4n) is 4.08. The second-order valence-corrected chi connectivity index (χ2v) is 10.6. The van der Waals surface area contributed by atoms with Gasteiger partial charge in [-0.1, -0.05) is 17.7 Å². The Balaban J connectivity index is 1.22. The lowest BCUT2D eigenvalue weighted by Gasteiger charge is -2.31. The minimum atomic E-state index is -0.612. The first-order valence-electron chi connectivity index (χ1n) is 10.8. The van der Waals surface area contributed by atoms with Crippen LogP contribution in [0.15, 0.2) is 41.8 Å². The molecule has 1 fully saturated rings. The second-order valence-electron chi connectivity index (χ2n) is 8.10. The van der Waals surface area contributed by atoms with Crippen LogP contribution < -0.4 is 5.32 Å². The van der Waals surface area contributed by atoms with Crippen molar-refractivity contribution in [3.63, 3.8) is 0 Å². The molecule has 1 saturated heterocycles. The topological polar surface area (TPSA) is 75.2 Å². The number of piperidine rings is 1. The fourth-order valence-corrected chi connectivity index (χ4v) is 6.11. The fraction of sp³-hybridized carbons (Fsp3) is 0.250. The highest BCUT2D eigenvalue weighted by atomic mass is 35.5. The monoisotopic (exact) mass is 514 g/mol. The van der Waals surface area contributed by atoms with Crippen LogP contribution in [0.25, 0.3) is 10.2 Å². The lowest BCUT2D eigenvalue weighted by molar-refractivity contribution is 0.0708. The summed E-state index contributed by atoms with van der Waals surface area (Å²) in [6.07, 6.45) is 1.37. The summed E-state index contributed by atoms with van der Waals surface area (Å²) in [5.41, 5.74) is 1.82. The van der Waals surface area contributed by atoms with E-state index in [1.807, 2.05) is 25.1 Å². The largest absolute Gasteiger partial charge is 0.338 e. The highest BCUT2D eigenvalue weighted by Crippen LogP contribution is 2.32. The number of benzene rings is 2. The van der Waals surface area contributed by atoms with E-state index >= 15 is 0 Å². The van der Waals surface area contributed by atoms with E-state index in [0.29, 0.717) is 37.3 Å². The molecule has 34 heavy (non-hydrogen) atoms. The van der Waals surface area contributed by atoms with Crippen molar-refractivity contribution < 1.29 is 14.0 Å². The number of amides is 2. The molecule has 174 valence electrons. The minimum absolute atomic E-state index is 0.0816. The maximum absolute atomic E-state index is 14.1. The van der Waals surface area contributed by atoms with Gasteiger partial charge in [0.05, 0.1) is 30.8 Å². The predicted molar refractivity (Wildman–Crippen MR) is 134 cm³/mol. The summed E-state index contributed by atoms with van der Waals surface area (Å²) in [6, 6.07) is 9.91. The number of hydrogen-bond donors (Lipinski definition) is 1. The van der Waals surface area contributed by atoms with Crippen LogP contribution in [0.3, 0.4) is 0 Å². The number of likely N-dealkylation sites (tertiary alicyclic amines) is 1. The zero-order valence-corrected chi connectivity index (χ0v) is 20.6. The van der Waals surface area contributed by atoms with Crippen molar-refractivity contribution in [3.8, 4) is 0 Å². The number of fused-ring (bicyclic) bond motifs is 1. The maximum Gasteiger partial charge on any atom is 0.275 e. The molecule has 1 aliphatic rings. The Morgan fingerprint density at radius 1 is 1.18 bits per heavy atom. The third-order valence-corrected chi connectivity index (χ3v) is 8.09. The molecule has 0 atom stereocenters. The van der Waals surface area contributed by atoms with E-state index in [2.05, 4.69) is 15.3 Å². The van der Waals surface area contributed by atoms with Gasteiger partial charge in [-0.2, -0.15) is 0 Å². The van der Waals surface area contributed by atoms with Crippen molar-refractivity contribution in [2.24, 2.45) is 0 Å². The van der Waals surface area contributed by atoms with Gasteiger partial charge >= 0.3 is 0 Å². The summed E-state index contributed by atoms with van der Waals surface area (Å²) in [7, 11) is 0. The van der Waals surface area contributed by atoms with E-state index in [9.17, 15) is 14.0 Å². The maximum atomic E-state index is 14.1. The summed E-state index contributed by atoms with van der Waals surface area (Å²) >= 11 is 9.11. The Hall–Kier alpha value is -2.88. The quantitative estimate of drug-likeness (QED) is 0.355. The Kier molecular flexibility index (Phi) is 6.33. The zero-order valence-electron chi connectivity index (χ0n) is 18.2. The average Bonchev–Trinajstić information content (AvgIpc) is 3.45. The molecular weight excluding hydrogens is 495 g/mol. The van der Waals surface area contributed by atoms with Crippen LogP contribution in [0.5, 0.6) is 0 Å². The van der Waals surface area contributed by atoms with Gasteiger partial charge in [-0.25, -0.2) is 14.4 Å². The third-order valence-electron chi connectivity index (χ3n) is 5.81. The Labute approximate surface area is 208 Å². The lowest BCUT2D eigenvalue weighted by atomic mass is 9.97. The highest BCUT2D eigenvalue weighted by Gasteiger charge is 2.29. The van der Waals surface area contributed by atoms with Crippen LogP contribution in [-0.2, 0) is 0 Å². The number of aryl methyl sites for hydroxylation is 1. The molecule has 4 aromatic rings. The lowest BCUT2D eigenvalue weighted by Crippen LogP contribution is -2.38. The molecule has 10 heteroatoms. The van der Waals surface area contributed by atoms with Crippen LogP contribution in [0.4, 0.5) is 10.1 Å². The number of rotatable bonds is 4. The number of nitrogens with one attached hydrogen (secondary N) is 1. The van der Waals surface area contributed by atoms with Gasteiger partial charge < -0.3 is 10.2 Å². The summed E-state index contributed by atoms with van der Waals surface area (Å²) in [4.78, 5) is 36.1. The van der Waals surface area contributed by atoms with Gasteiger partial charge in [0.15, 0.2) is 0 Å². The van der Waals surface area contributed by atoms with E-state index < -0.39 is 11.7 Å². The highest BCUT2D eigenvalue weighted by molar-refractivity contribution is 7.18. The van der Waals surface area contributed by atoms with Crippen molar-refractivity contribution in [2.45, 2.75) is 25.7 Å². The standard InChI is InChI=1S/C24H20ClFN4O2S2/c1-13-27-18-11-15(5-6-20(18)34-13)28-22(31)19-12-33-23(29-19)14-7-9-30(10-8-14)24(32)21-16(25)3-2-4-17(21)26/h2-6,11-12,14H,7-10H2,1H3,(H,28,31). The number of thiazole rings is 2. The second kappa shape index (κ2) is 9.40. The first-order valence-corrected chi connectivity index (χ1v) is 12.8. The van der Waals surface area contributed by atoms with Crippen molar-refractivity contribution in [2.75, 3.05) is 18.4 Å². The van der Waals surface area contributed by atoms with E-state index in [1.165, 1.54) is 29.5 Å². The Bertz CT molecular complexity index is 1370. The van der Waals surface area contributed by atoms with Crippen LogP contribution >= 0.6 is 34.3 Å². The molecule has 0 spiro atoms. The summed E-state index contributed by atoms with van der Waals surface area (Å²) in [5, 5.41) is 6.62. The molecule has 1 N–H and O–H groups in total. The predicted octanol–water partition coefficient (Wildman–Crippen LogP) is 6.13. The Morgan fingerprint density at radius 2 is 1.97 bits per heavy atom. The number of carbonyl (C=O) groups excluding carboxylic acids is 2. The Morgan fingerprint density at radius 3 is 2.74 bits per heavy atom. The van der Waals surface area contributed by atoms with Crippen molar-refractivity contribution in [3.05, 3.63) is 73.9 Å². The van der Waals surface area contributed by atoms with Gasteiger partial charge in [-0.05, 0) is 50.1 Å². The third kappa shape index (κ3) is 4.55. The summed E-state index contributed by atoms with van der Waals surface area (Å²) in [6.45, 7) is 2.90. The van der Waals surface area contributed by atoms with Gasteiger partial charge in [-0.3, -0.25) is 9.59 Å². The van der Waals surface area contributed by atoms with Gasteiger partial charge in [0, 0.05) is 30.1 Å². The van der Waals surface area contributed by atoms with Gasteiger partial charge in [-0.15, -0.1) is 22.7 Å². The van der Waals surface area contributed by atoms with Crippen LogP contribution in [-0.4, -0.2) is 39.8 Å². The number of nitrogens with zero attached hydrogens (tertiary/aromatic N) is 3. The smallest absolute Gasteiger partial charge is 0.275 e. The number of hydrogen-bond acceptors (Lipinski definition) is 6. The number of anilines is 1. The molecule has 0 unspecified atom stereocenters. The molecule has 1 aliphatic heterocycles. The van der Waals surface area contributed by atoms with Crippen LogP contribution in [0.1, 0.15) is 49.6 Å². The minimum Gasteiger partial charge on any atom is -0.338 e. The van der Waals surface area contributed by atoms with Crippen molar-refractivity contribution >= 4 is 62.0 Å². The van der Waals surface area contributed by atoms with Crippen LogP contribution in [0.2, 0.25) is 5.02 Å². The molecule has 2 amide bonds. The van der Waals surface area contributed by atoms with Crippen LogP contribution in [0, 0.1) is 12.7 Å². The molecule has 2 aromatic carbocycles. The molecule has 0 saturated carbocycles. The van der Waals surface area contributed by atoms with Gasteiger partial charge in [0.2, 0.25) is 0 Å². The molecule has 3 heterocycles. The summed E-state index contributed by atoms with van der Waals surface area (Å²) in [5.74, 6) is -1.14. The van der Waals surface area contributed by atoms with E-state index in [1.54, 1.807) is 21.6 Å². The molecular formula is C24H20ClFN4O2S2.